The molecular weight excluding hydrogens is 376 g/mol. The molecule has 0 saturated carbocycles. The van der Waals surface area contributed by atoms with Gasteiger partial charge in [0.2, 0.25) is 0 Å². The van der Waals surface area contributed by atoms with Crippen molar-refractivity contribution in [2.24, 2.45) is 0 Å². The molecule has 0 N–H and O–H groups in total. The molecule has 0 spiro atoms. The first-order valence-electron chi connectivity index (χ1n) is 12.8. The van der Waals surface area contributed by atoms with Gasteiger partial charge in [0, 0.05) is 13.0 Å². The number of ether oxygens (including phenoxy) is 3. The summed E-state index contributed by atoms with van der Waals surface area (Å²) < 4.78 is 16.0. The van der Waals surface area contributed by atoms with Crippen molar-refractivity contribution in [3.8, 4) is 0 Å². The van der Waals surface area contributed by atoms with Gasteiger partial charge in [0.15, 0.2) is 0 Å². The molecule has 0 unspecified atom stereocenters. The molecule has 4 nitrogen and oxygen atoms in total. The Morgan fingerprint density at radius 3 is 1.70 bits per heavy atom. The lowest BCUT2D eigenvalue weighted by Gasteiger charge is -2.07. The number of rotatable bonds is 24. The lowest BCUT2D eigenvalue weighted by molar-refractivity contribution is -0.145. The predicted octanol–water partition coefficient (Wildman–Crippen LogP) is 7.40. The van der Waals surface area contributed by atoms with Crippen LogP contribution in [0.2, 0.25) is 0 Å². The van der Waals surface area contributed by atoms with Crippen LogP contribution in [0.25, 0.3) is 0 Å². The molecule has 0 fully saturated rings. The van der Waals surface area contributed by atoms with E-state index < -0.39 is 0 Å². The highest BCUT2D eigenvalue weighted by atomic mass is 16.6. The molecule has 0 aromatic carbocycles. The monoisotopic (exact) mass is 426 g/mol. The van der Waals surface area contributed by atoms with Gasteiger partial charge in [-0.1, -0.05) is 83.8 Å². The summed E-state index contributed by atoms with van der Waals surface area (Å²) in [5.74, 6) is -0.101. The molecule has 30 heavy (non-hydrogen) atoms. The van der Waals surface area contributed by atoms with E-state index >= 15 is 0 Å². The second-order valence-corrected chi connectivity index (χ2v) is 8.13. The summed E-state index contributed by atoms with van der Waals surface area (Å²) >= 11 is 0. The van der Waals surface area contributed by atoms with E-state index in [2.05, 4.69) is 26.0 Å². The first kappa shape index (κ1) is 29.1. The topological polar surface area (TPSA) is 44.8 Å². The van der Waals surface area contributed by atoms with Crippen molar-refractivity contribution in [2.45, 2.75) is 117 Å². The number of esters is 1. The maximum absolute atomic E-state index is 11.7. The second kappa shape index (κ2) is 26.2. The van der Waals surface area contributed by atoms with Crippen LogP contribution in [-0.4, -0.2) is 39.0 Å². The van der Waals surface area contributed by atoms with Crippen molar-refractivity contribution >= 4 is 5.97 Å². The van der Waals surface area contributed by atoms with Crippen molar-refractivity contribution in [3.05, 3.63) is 12.2 Å². The predicted molar refractivity (Wildman–Crippen MR) is 127 cm³/mol. The van der Waals surface area contributed by atoms with Gasteiger partial charge in [0.05, 0.1) is 19.8 Å². The SMILES string of the molecule is CCCCCCCCC=CCCCCCCCC(=O)OCCOCCOCCCC. The summed E-state index contributed by atoms with van der Waals surface area (Å²) in [6, 6.07) is 0. The van der Waals surface area contributed by atoms with E-state index in [1.807, 2.05) is 0 Å². The number of allylic oxidation sites excluding steroid dienone is 2. The molecule has 178 valence electrons. The van der Waals surface area contributed by atoms with Gasteiger partial charge in [-0.05, 0) is 38.5 Å². The van der Waals surface area contributed by atoms with Crippen molar-refractivity contribution in [3.63, 3.8) is 0 Å². The van der Waals surface area contributed by atoms with Gasteiger partial charge in [-0.25, -0.2) is 0 Å². The normalized spacial score (nSPS) is 11.4. The summed E-state index contributed by atoms with van der Waals surface area (Å²) in [5.41, 5.74) is 0. The molecule has 0 saturated heterocycles. The largest absolute Gasteiger partial charge is 0.463 e. The minimum atomic E-state index is -0.101. The Labute approximate surface area is 187 Å². The van der Waals surface area contributed by atoms with Crippen molar-refractivity contribution in [2.75, 3.05) is 33.0 Å². The highest BCUT2D eigenvalue weighted by molar-refractivity contribution is 5.69. The molecule has 0 rings (SSSR count). The van der Waals surface area contributed by atoms with E-state index in [0.717, 1.165) is 32.3 Å². The molecule has 0 aliphatic rings. The maximum atomic E-state index is 11.7. The number of hydrogen-bond donors (Lipinski definition) is 0. The van der Waals surface area contributed by atoms with Gasteiger partial charge < -0.3 is 14.2 Å². The Morgan fingerprint density at radius 2 is 1.07 bits per heavy atom. The lowest BCUT2D eigenvalue weighted by Crippen LogP contribution is -2.13. The van der Waals surface area contributed by atoms with Crippen molar-refractivity contribution in [1.82, 2.24) is 0 Å². The Kier molecular flexibility index (Phi) is 25.4. The van der Waals surface area contributed by atoms with E-state index in [1.165, 1.54) is 70.6 Å². The van der Waals surface area contributed by atoms with Gasteiger partial charge in [0.1, 0.15) is 6.61 Å². The van der Waals surface area contributed by atoms with Crippen LogP contribution in [0, 0.1) is 0 Å². The van der Waals surface area contributed by atoms with Crippen LogP contribution in [0.5, 0.6) is 0 Å². The van der Waals surface area contributed by atoms with E-state index in [4.69, 9.17) is 14.2 Å². The van der Waals surface area contributed by atoms with Crippen molar-refractivity contribution < 1.29 is 19.0 Å². The third-order valence-electron chi connectivity index (χ3n) is 5.15. The number of unbranched alkanes of at least 4 members (excludes halogenated alkanes) is 12. The first-order valence-corrected chi connectivity index (χ1v) is 12.8. The van der Waals surface area contributed by atoms with Crippen LogP contribution >= 0.6 is 0 Å². The average molecular weight is 427 g/mol. The van der Waals surface area contributed by atoms with Gasteiger partial charge in [-0.15, -0.1) is 0 Å². The Morgan fingerprint density at radius 1 is 0.567 bits per heavy atom. The van der Waals surface area contributed by atoms with E-state index in [0.29, 0.717) is 32.8 Å². The van der Waals surface area contributed by atoms with Crippen molar-refractivity contribution in [1.29, 1.82) is 0 Å². The smallest absolute Gasteiger partial charge is 0.305 e. The third-order valence-corrected chi connectivity index (χ3v) is 5.15. The molecule has 0 heterocycles. The van der Waals surface area contributed by atoms with E-state index in [1.54, 1.807) is 0 Å². The zero-order chi connectivity index (χ0) is 22.0. The van der Waals surface area contributed by atoms with Gasteiger partial charge in [-0.3, -0.25) is 4.79 Å². The Hall–Kier alpha value is -0.870. The Balaban J connectivity index is 3.20. The molecule has 0 aliphatic heterocycles. The summed E-state index contributed by atoms with van der Waals surface area (Å²) in [7, 11) is 0. The summed E-state index contributed by atoms with van der Waals surface area (Å²) in [6.45, 7) is 7.19. The molecule has 0 aliphatic carbocycles. The molecule has 0 aromatic rings. The summed E-state index contributed by atoms with van der Waals surface area (Å²) in [4.78, 5) is 11.7. The zero-order valence-electron chi connectivity index (χ0n) is 20.1. The molecular formula is C26H50O4. The number of carbonyl (C=O) groups is 1. The molecule has 0 aromatic heterocycles. The van der Waals surface area contributed by atoms with Crippen LogP contribution in [-0.2, 0) is 19.0 Å². The van der Waals surface area contributed by atoms with Gasteiger partial charge in [-0.2, -0.15) is 0 Å². The molecule has 4 heteroatoms. The summed E-state index contributed by atoms with van der Waals surface area (Å²) in [5, 5.41) is 0. The first-order chi connectivity index (χ1) is 14.8. The van der Waals surface area contributed by atoms with E-state index in [9.17, 15) is 4.79 Å². The zero-order valence-corrected chi connectivity index (χ0v) is 20.1. The van der Waals surface area contributed by atoms with Crippen LogP contribution in [0.4, 0.5) is 0 Å². The average Bonchev–Trinajstić information content (AvgIpc) is 2.75. The molecule has 0 radical (unpaired) electrons. The fourth-order valence-corrected chi connectivity index (χ4v) is 3.20. The minimum absolute atomic E-state index is 0.101. The maximum Gasteiger partial charge on any atom is 0.305 e. The number of hydrogen-bond acceptors (Lipinski definition) is 4. The third kappa shape index (κ3) is 25.2. The highest BCUT2D eigenvalue weighted by Crippen LogP contribution is 2.10. The number of carbonyl (C=O) groups excluding carboxylic acids is 1. The highest BCUT2D eigenvalue weighted by Gasteiger charge is 2.02. The van der Waals surface area contributed by atoms with Crippen LogP contribution < -0.4 is 0 Å². The quantitative estimate of drug-likeness (QED) is 0.0916. The van der Waals surface area contributed by atoms with Gasteiger partial charge >= 0.3 is 5.97 Å². The van der Waals surface area contributed by atoms with Crippen LogP contribution in [0.1, 0.15) is 117 Å². The Bertz CT molecular complexity index is 368. The second-order valence-electron chi connectivity index (χ2n) is 8.13. The molecule has 0 bridgehead atoms. The minimum Gasteiger partial charge on any atom is -0.463 e. The van der Waals surface area contributed by atoms with Crippen LogP contribution in [0.3, 0.4) is 0 Å². The summed E-state index contributed by atoms with van der Waals surface area (Å²) in [6.07, 6.45) is 23.9. The van der Waals surface area contributed by atoms with Gasteiger partial charge in [0.25, 0.3) is 0 Å². The fraction of sp³-hybridized carbons (Fsp3) is 0.885. The standard InChI is InChI=1S/C26H50O4/c1-3-5-7-8-9-10-11-12-13-14-15-16-17-18-19-20-26(27)30-25-24-29-23-22-28-21-6-4-2/h12-13H,3-11,14-25H2,1-2H3. The van der Waals surface area contributed by atoms with Crippen LogP contribution in [0.15, 0.2) is 12.2 Å². The lowest BCUT2D eigenvalue weighted by atomic mass is 10.1. The van der Waals surface area contributed by atoms with E-state index in [-0.39, 0.29) is 5.97 Å². The fourth-order valence-electron chi connectivity index (χ4n) is 3.20. The molecule has 0 atom stereocenters. The molecule has 0 amide bonds.